The van der Waals surface area contributed by atoms with Crippen molar-refractivity contribution in [3.05, 3.63) is 29.5 Å². The van der Waals surface area contributed by atoms with Crippen LogP contribution in [0.2, 0.25) is 0 Å². The minimum Gasteiger partial charge on any atom is -0.491 e. The second kappa shape index (κ2) is 7.58. The fraction of sp³-hybridized carbons (Fsp3) is 0.450. The molecule has 1 aromatic heterocycles. The lowest BCUT2D eigenvalue weighted by atomic mass is 9.89. The molecule has 0 unspecified atom stereocenters. The maximum absolute atomic E-state index is 13.8. The average Bonchev–Trinajstić information content (AvgIpc) is 2.65. The van der Waals surface area contributed by atoms with Gasteiger partial charge < -0.3 is 25.0 Å². The fourth-order valence-electron chi connectivity index (χ4n) is 3.57. The van der Waals surface area contributed by atoms with Crippen LogP contribution in [0.4, 0.5) is 26.2 Å². The van der Waals surface area contributed by atoms with E-state index >= 15 is 0 Å². The summed E-state index contributed by atoms with van der Waals surface area (Å²) in [5.74, 6) is -0.871. The number of amides is 1. The molecule has 4 rings (SSSR count). The highest BCUT2D eigenvalue weighted by Crippen LogP contribution is 2.34. The van der Waals surface area contributed by atoms with E-state index in [1.807, 2.05) is 25.8 Å². The molecule has 30 heavy (non-hydrogen) atoms. The Morgan fingerprint density at radius 3 is 2.53 bits per heavy atom. The summed E-state index contributed by atoms with van der Waals surface area (Å²) in [5, 5.41) is 6.11. The number of likely N-dealkylation sites (N-methyl/N-ethyl adjacent to an activating group) is 1. The van der Waals surface area contributed by atoms with E-state index < -0.39 is 17.4 Å². The van der Waals surface area contributed by atoms with E-state index in [4.69, 9.17) is 4.74 Å². The minimum atomic E-state index is -0.801. The summed E-state index contributed by atoms with van der Waals surface area (Å²) in [5.41, 5.74) is 1.29. The third-order valence-corrected chi connectivity index (χ3v) is 5.52. The van der Waals surface area contributed by atoms with Crippen molar-refractivity contribution in [1.29, 1.82) is 0 Å². The Kier molecular flexibility index (Phi) is 5.08. The number of carbonyl (C=O) groups excluding carboxylic acids is 1. The number of halogens is 2. The predicted molar refractivity (Wildman–Crippen MR) is 107 cm³/mol. The van der Waals surface area contributed by atoms with E-state index in [0.717, 1.165) is 12.1 Å². The van der Waals surface area contributed by atoms with Crippen LogP contribution in [-0.4, -0.2) is 48.2 Å². The number of rotatable bonds is 5. The number of aromatic nitrogens is 2. The maximum Gasteiger partial charge on any atom is 0.246 e. The molecule has 1 aromatic carbocycles. The zero-order chi connectivity index (χ0) is 21.6. The van der Waals surface area contributed by atoms with Gasteiger partial charge in [-0.15, -0.1) is 0 Å². The van der Waals surface area contributed by atoms with E-state index in [2.05, 4.69) is 25.3 Å². The average molecular weight is 419 g/mol. The standard InChI is InChI=1S/C20H23F2N5O3/c1-9-16-18(27(3)10(2)19(28)25-16)26-20(23-9)24-11-5-12(6-11)30-13-7-14(21)17(29-4)15(22)8-13/h7-8,10-12H,5-6H2,1-4H3,(H,25,28)(H,23,24,26)/t10-,11?,12?/m0/s1. The first kappa shape index (κ1) is 20.1. The van der Waals surface area contributed by atoms with Crippen LogP contribution in [0.1, 0.15) is 25.5 Å². The Morgan fingerprint density at radius 2 is 1.90 bits per heavy atom. The van der Waals surface area contributed by atoms with Gasteiger partial charge in [0.1, 0.15) is 23.6 Å². The number of ether oxygens (including phenoxy) is 2. The van der Waals surface area contributed by atoms with E-state index in [-0.39, 0.29) is 29.8 Å². The number of fused-ring (bicyclic) bond motifs is 1. The normalized spacial score (nSPS) is 22.7. The molecule has 160 valence electrons. The summed E-state index contributed by atoms with van der Waals surface area (Å²) < 4.78 is 37.9. The summed E-state index contributed by atoms with van der Waals surface area (Å²) >= 11 is 0. The molecular weight excluding hydrogens is 396 g/mol. The molecule has 1 amide bonds. The van der Waals surface area contributed by atoms with Crippen LogP contribution in [0, 0.1) is 18.6 Å². The molecule has 10 heteroatoms. The highest BCUT2D eigenvalue weighted by atomic mass is 19.1. The number of anilines is 3. The van der Waals surface area contributed by atoms with Crippen molar-refractivity contribution in [2.24, 2.45) is 0 Å². The second-order valence-corrected chi connectivity index (χ2v) is 7.58. The second-order valence-electron chi connectivity index (χ2n) is 7.58. The monoisotopic (exact) mass is 419 g/mol. The molecule has 0 saturated heterocycles. The highest BCUT2D eigenvalue weighted by molar-refractivity contribution is 6.03. The van der Waals surface area contributed by atoms with Crippen LogP contribution in [-0.2, 0) is 4.79 Å². The van der Waals surface area contributed by atoms with Gasteiger partial charge in [0.25, 0.3) is 0 Å². The van der Waals surface area contributed by atoms with Crippen LogP contribution in [0.3, 0.4) is 0 Å². The molecule has 1 fully saturated rings. The van der Waals surface area contributed by atoms with Gasteiger partial charge in [0.15, 0.2) is 23.2 Å². The molecule has 0 bridgehead atoms. The van der Waals surface area contributed by atoms with E-state index in [1.54, 1.807) is 0 Å². The molecule has 8 nitrogen and oxygen atoms in total. The largest absolute Gasteiger partial charge is 0.491 e. The first-order valence-corrected chi connectivity index (χ1v) is 9.65. The topological polar surface area (TPSA) is 88.6 Å². The number of nitrogens with zero attached hydrogens (tertiary/aromatic N) is 3. The van der Waals surface area contributed by atoms with Crippen molar-refractivity contribution in [3.63, 3.8) is 0 Å². The third kappa shape index (κ3) is 3.57. The SMILES string of the molecule is COc1c(F)cc(OC2CC(Nc3nc(C)c4c(n3)N(C)[C@@H](C)C(=O)N4)C2)cc1F. The smallest absolute Gasteiger partial charge is 0.246 e. The maximum atomic E-state index is 13.8. The summed E-state index contributed by atoms with van der Waals surface area (Å²) in [6.07, 6.45) is 1.10. The van der Waals surface area contributed by atoms with Crippen LogP contribution in [0.5, 0.6) is 11.5 Å². The lowest BCUT2D eigenvalue weighted by molar-refractivity contribution is -0.117. The van der Waals surface area contributed by atoms with Crippen LogP contribution in [0.25, 0.3) is 0 Å². The number of aryl methyl sites for hydroxylation is 1. The van der Waals surface area contributed by atoms with E-state index in [9.17, 15) is 13.6 Å². The highest BCUT2D eigenvalue weighted by Gasteiger charge is 2.34. The van der Waals surface area contributed by atoms with Gasteiger partial charge in [-0.05, 0) is 13.8 Å². The van der Waals surface area contributed by atoms with Crippen LogP contribution >= 0.6 is 0 Å². The van der Waals surface area contributed by atoms with Gasteiger partial charge in [-0.3, -0.25) is 4.79 Å². The summed E-state index contributed by atoms with van der Waals surface area (Å²) in [7, 11) is 3.03. The number of hydrogen-bond donors (Lipinski definition) is 2. The van der Waals surface area contributed by atoms with Gasteiger partial charge >= 0.3 is 0 Å². The molecule has 2 aromatic rings. The van der Waals surface area contributed by atoms with Gasteiger partial charge in [0, 0.05) is 38.1 Å². The summed E-state index contributed by atoms with van der Waals surface area (Å²) in [6.45, 7) is 3.62. The van der Waals surface area contributed by atoms with Crippen molar-refractivity contribution >= 4 is 23.4 Å². The number of nitrogens with one attached hydrogen (secondary N) is 2. The quantitative estimate of drug-likeness (QED) is 0.770. The van der Waals surface area contributed by atoms with Crippen LogP contribution < -0.4 is 25.0 Å². The predicted octanol–water partition coefficient (Wildman–Crippen LogP) is 2.87. The lowest BCUT2D eigenvalue weighted by Gasteiger charge is -2.37. The first-order valence-electron chi connectivity index (χ1n) is 9.65. The van der Waals surface area contributed by atoms with E-state index in [0.29, 0.717) is 36.0 Å². The molecule has 1 atom stereocenters. The fourth-order valence-corrected chi connectivity index (χ4v) is 3.57. The molecule has 1 aliphatic heterocycles. The van der Waals surface area contributed by atoms with Crippen molar-refractivity contribution < 1.29 is 23.0 Å². The summed E-state index contributed by atoms with van der Waals surface area (Å²) in [4.78, 5) is 22.8. The Balaban J connectivity index is 1.39. The molecule has 0 radical (unpaired) electrons. The number of hydrogen-bond acceptors (Lipinski definition) is 7. The minimum absolute atomic E-state index is 0.0707. The van der Waals surface area contributed by atoms with Gasteiger partial charge in [0.2, 0.25) is 11.9 Å². The number of benzene rings is 1. The number of carbonyl (C=O) groups is 1. The molecule has 2 heterocycles. The Bertz CT molecular complexity index is 974. The molecule has 2 N–H and O–H groups in total. The lowest BCUT2D eigenvalue weighted by Crippen LogP contribution is -2.45. The van der Waals surface area contributed by atoms with Crippen molar-refractivity contribution in [2.75, 3.05) is 29.7 Å². The Morgan fingerprint density at radius 1 is 1.23 bits per heavy atom. The van der Waals surface area contributed by atoms with Crippen molar-refractivity contribution in [1.82, 2.24) is 9.97 Å². The first-order chi connectivity index (χ1) is 14.3. The summed E-state index contributed by atoms with van der Waals surface area (Å²) in [6, 6.07) is 1.97. The third-order valence-electron chi connectivity index (χ3n) is 5.52. The van der Waals surface area contributed by atoms with Gasteiger partial charge in [-0.2, -0.15) is 4.98 Å². The molecule has 0 spiro atoms. The van der Waals surface area contributed by atoms with Gasteiger partial charge in [-0.1, -0.05) is 0 Å². The number of methoxy groups -OCH3 is 1. The van der Waals surface area contributed by atoms with Crippen molar-refractivity contribution in [3.8, 4) is 11.5 Å². The molecule has 2 aliphatic rings. The molecule has 1 aliphatic carbocycles. The zero-order valence-electron chi connectivity index (χ0n) is 17.1. The van der Waals surface area contributed by atoms with Crippen LogP contribution in [0.15, 0.2) is 12.1 Å². The zero-order valence-corrected chi connectivity index (χ0v) is 17.1. The van der Waals surface area contributed by atoms with Gasteiger partial charge in [0.05, 0.1) is 12.8 Å². The Labute approximate surface area is 172 Å². The molecular formula is C20H23F2N5O3. The van der Waals surface area contributed by atoms with Gasteiger partial charge in [-0.25, -0.2) is 13.8 Å². The molecule has 1 saturated carbocycles. The Hall–Kier alpha value is -3.17. The van der Waals surface area contributed by atoms with E-state index in [1.165, 1.54) is 7.11 Å². The van der Waals surface area contributed by atoms with Crippen molar-refractivity contribution in [2.45, 2.75) is 44.9 Å².